The second-order valence-electron chi connectivity index (χ2n) is 5.08. The Hall–Kier alpha value is -0.930. The van der Waals surface area contributed by atoms with Gasteiger partial charge in [-0.15, -0.1) is 0 Å². The van der Waals surface area contributed by atoms with Gasteiger partial charge in [0.25, 0.3) is 0 Å². The molecule has 0 radical (unpaired) electrons. The van der Waals surface area contributed by atoms with Gasteiger partial charge in [-0.1, -0.05) is 25.1 Å². The molecular weight excluding hydrogens is 227 g/mol. The van der Waals surface area contributed by atoms with Gasteiger partial charge in [0.15, 0.2) is 0 Å². The van der Waals surface area contributed by atoms with Crippen molar-refractivity contribution in [3.8, 4) is 0 Å². The molecule has 1 heterocycles. The highest BCUT2D eigenvalue weighted by Gasteiger charge is 2.21. The first-order valence-electron chi connectivity index (χ1n) is 6.98. The molecule has 0 spiro atoms. The van der Waals surface area contributed by atoms with Crippen molar-refractivity contribution in [2.45, 2.75) is 32.2 Å². The standard InChI is InChI=1S/C15H23FN2/c1-2-9-17-14-8-11-18(12-14)10-7-13-5-3-4-6-15(13)16/h3-6,14,17H,2,7-12H2,1H3. The molecule has 1 fully saturated rings. The first-order valence-corrected chi connectivity index (χ1v) is 6.98. The van der Waals surface area contributed by atoms with Gasteiger partial charge >= 0.3 is 0 Å². The Kier molecular flexibility index (Phi) is 5.14. The summed E-state index contributed by atoms with van der Waals surface area (Å²) in [5.74, 6) is -0.0719. The molecule has 1 aliphatic heterocycles. The van der Waals surface area contributed by atoms with Crippen molar-refractivity contribution >= 4 is 0 Å². The third kappa shape index (κ3) is 3.79. The van der Waals surface area contributed by atoms with Crippen LogP contribution < -0.4 is 5.32 Å². The van der Waals surface area contributed by atoms with Gasteiger partial charge in [0, 0.05) is 19.1 Å². The minimum Gasteiger partial charge on any atom is -0.313 e. The van der Waals surface area contributed by atoms with E-state index in [1.807, 2.05) is 12.1 Å². The summed E-state index contributed by atoms with van der Waals surface area (Å²) in [6.07, 6.45) is 3.22. The molecule has 0 aromatic heterocycles. The molecule has 1 aromatic carbocycles. The second kappa shape index (κ2) is 6.86. The highest BCUT2D eigenvalue weighted by Crippen LogP contribution is 2.12. The molecule has 100 valence electrons. The van der Waals surface area contributed by atoms with Crippen LogP contribution in [-0.4, -0.2) is 37.1 Å². The van der Waals surface area contributed by atoms with E-state index in [4.69, 9.17) is 0 Å². The van der Waals surface area contributed by atoms with E-state index in [1.54, 1.807) is 12.1 Å². The van der Waals surface area contributed by atoms with E-state index in [0.717, 1.165) is 38.2 Å². The van der Waals surface area contributed by atoms with E-state index in [1.165, 1.54) is 12.8 Å². The molecule has 0 aliphatic carbocycles. The van der Waals surface area contributed by atoms with Gasteiger partial charge in [-0.05, 0) is 44.0 Å². The second-order valence-corrected chi connectivity index (χ2v) is 5.08. The van der Waals surface area contributed by atoms with Crippen LogP contribution in [0.1, 0.15) is 25.3 Å². The largest absolute Gasteiger partial charge is 0.313 e. The number of benzene rings is 1. The predicted molar refractivity (Wildman–Crippen MR) is 73.2 cm³/mol. The maximum Gasteiger partial charge on any atom is 0.126 e. The van der Waals surface area contributed by atoms with Gasteiger partial charge in [0.05, 0.1) is 0 Å². The van der Waals surface area contributed by atoms with Crippen molar-refractivity contribution in [2.75, 3.05) is 26.2 Å². The van der Waals surface area contributed by atoms with Gasteiger partial charge < -0.3 is 10.2 Å². The van der Waals surface area contributed by atoms with Crippen LogP contribution in [0, 0.1) is 5.82 Å². The molecule has 1 aliphatic rings. The third-order valence-electron chi connectivity index (χ3n) is 3.61. The molecule has 0 amide bonds. The monoisotopic (exact) mass is 250 g/mol. The van der Waals surface area contributed by atoms with Crippen LogP contribution in [0.5, 0.6) is 0 Å². The van der Waals surface area contributed by atoms with Crippen LogP contribution >= 0.6 is 0 Å². The number of rotatable bonds is 6. The van der Waals surface area contributed by atoms with E-state index < -0.39 is 0 Å². The maximum atomic E-state index is 13.5. The summed E-state index contributed by atoms with van der Waals surface area (Å²) in [7, 11) is 0. The normalized spacial score (nSPS) is 20.4. The average molecular weight is 250 g/mol. The number of hydrogen-bond acceptors (Lipinski definition) is 2. The predicted octanol–water partition coefficient (Wildman–Crippen LogP) is 2.44. The highest BCUT2D eigenvalue weighted by molar-refractivity contribution is 5.17. The Morgan fingerprint density at radius 1 is 1.39 bits per heavy atom. The van der Waals surface area contributed by atoms with Crippen LogP contribution in [0.15, 0.2) is 24.3 Å². The van der Waals surface area contributed by atoms with Crippen molar-refractivity contribution in [1.82, 2.24) is 10.2 Å². The maximum absolute atomic E-state index is 13.5. The fourth-order valence-corrected chi connectivity index (χ4v) is 2.53. The molecule has 1 saturated heterocycles. The zero-order chi connectivity index (χ0) is 12.8. The fourth-order valence-electron chi connectivity index (χ4n) is 2.53. The first-order chi connectivity index (χ1) is 8.79. The Morgan fingerprint density at radius 2 is 2.22 bits per heavy atom. The number of hydrogen-bond donors (Lipinski definition) is 1. The molecule has 1 N–H and O–H groups in total. The SMILES string of the molecule is CCCNC1CCN(CCc2ccccc2F)C1. The topological polar surface area (TPSA) is 15.3 Å². The fraction of sp³-hybridized carbons (Fsp3) is 0.600. The molecule has 0 saturated carbocycles. The van der Waals surface area contributed by atoms with Gasteiger partial charge in [0.1, 0.15) is 5.82 Å². The van der Waals surface area contributed by atoms with Gasteiger partial charge in [-0.3, -0.25) is 0 Å². The van der Waals surface area contributed by atoms with E-state index in [9.17, 15) is 4.39 Å². The van der Waals surface area contributed by atoms with Crippen molar-refractivity contribution in [2.24, 2.45) is 0 Å². The summed E-state index contributed by atoms with van der Waals surface area (Å²) >= 11 is 0. The zero-order valence-electron chi connectivity index (χ0n) is 11.2. The molecular formula is C15H23FN2. The van der Waals surface area contributed by atoms with Crippen molar-refractivity contribution < 1.29 is 4.39 Å². The number of nitrogens with zero attached hydrogens (tertiary/aromatic N) is 1. The summed E-state index contributed by atoms with van der Waals surface area (Å²) in [5.41, 5.74) is 0.836. The molecule has 3 heteroatoms. The minimum atomic E-state index is -0.0719. The minimum absolute atomic E-state index is 0.0719. The molecule has 0 bridgehead atoms. The van der Waals surface area contributed by atoms with Crippen molar-refractivity contribution in [1.29, 1.82) is 0 Å². The lowest BCUT2D eigenvalue weighted by Gasteiger charge is -2.16. The number of likely N-dealkylation sites (tertiary alicyclic amines) is 1. The quantitative estimate of drug-likeness (QED) is 0.834. The van der Waals surface area contributed by atoms with Gasteiger partial charge in [0.2, 0.25) is 0 Å². The molecule has 1 unspecified atom stereocenters. The smallest absolute Gasteiger partial charge is 0.126 e. The lowest BCUT2D eigenvalue weighted by molar-refractivity contribution is 0.330. The van der Waals surface area contributed by atoms with Crippen LogP contribution in [-0.2, 0) is 6.42 Å². The lowest BCUT2D eigenvalue weighted by Crippen LogP contribution is -2.33. The summed E-state index contributed by atoms with van der Waals surface area (Å²) in [5, 5.41) is 3.56. The highest BCUT2D eigenvalue weighted by atomic mass is 19.1. The Bertz CT molecular complexity index is 367. The van der Waals surface area contributed by atoms with E-state index >= 15 is 0 Å². The van der Waals surface area contributed by atoms with E-state index in [-0.39, 0.29) is 5.82 Å². The Labute approximate surface area is 109 Å². The average Bonchev–Trinajstić information content (AvgIpc) is 2.83. The van der Waals surface area contributed by atoms with Crippen molar-refractivity contribution in [3.63, 3.8) is 0 Å². The van der Waals surface area contributed by atoms with Crippen molar-refractivity contribution in [3.05, 3.63) is 35.6 Å². The van der Waals surface area contributed by atoms with Crippen LogP contribution in [0.25, 0.3) is 0 Å². The first kappa shape index (κ1) is 13.5. The van der Waals surface area contributed by atoms with E-state index in [0.29, 0.717) is 6.04 Å². The number of halogens is 1. The summed E-state index contributed by atoms with van der Waals surface area (Å²) in [6, 6.07) is 7.72. The van der Waals surface area contributed by atoms with Crippen LogP contribution in [0.2, 0.25) is 0 Å². The Balaban J connectivity index is 1.74. The van der Waals surface area contributed by atoms with Gasteiger partial charge in [-0.25, -0.2) is 4.39 Å². The van der Waals surface area contributed by atoms with Crippen LogP contribution in [0.4, 0.5) is 4.39 Å². The summed E-state index contributed by atoms with van der Waals surface area (Å²) in [4.78, 5) is 2.43. The zero-order valence-corrected chi connectivity index (χ0v) is 11.2. The summed E-state index contributed by atoms with van der Waals surface area (Å²) in [6.45, 7) is 6.50. The molecule has 1 aromatic rings. The summed E-state index contributed by atoms with van der Waals surface area (Å²) < 4.78 is 13.5. The Morgan fingerprint density at radius 3 is 3.00 bits per heavy atom. The molecule has 2 rings (SSSR count). The third-order valence-corrected chi connectivity index (χ3v) is 3.61. The van der Waals surface area contributed by atoms with E-state index in [2.05, 4.69) is 17.1 Å². The molecule has 2 nitrogen and oxygen atoms in total. The van der Waals surface area contributed by atoms with Gasteiger partial charge in [-0.2, -0.15) is 0 Å². The van der Waals surface area contributed by atoms with Crippen LogP contribution in [0.3, 0.4) is 0 Å². The molecule has 1 atom stereocenters. The molecule has 18 heavy (non-hydrogen) atoms. The number of nitrogens with one attached hydrogen (secondary N) is 1. The lowest BCUT2D eigenvalue weighted by atomic mass is 10.1.